The van der Waals surface area contributed by atoms with E-state index in [-0.39, 0.29) is 5.91 Å². The molecule has 0 spiro atoms. The van der Waals surface area contributed by atoms with E-state index in [9.17, 15) is 4.79 Å². The molecule has 126 valence electrons. The maximum absolute atomic E-state index is 12.3. The third-order valence-electron chi connectivity index (χ3n) is 5.11. The molecule has 2 fully saturated rings. The Morgan fingerprint density at radius 1 is 1.13 bits per heavy atom. The van der Waals surface area contributed by atoms with E-state index >= 15 is 0 Å². The van der Waals surface area contributed by atoms with Gasteiger partial charge in [-0.3, -0.25) is 4.79 Å². The highest BCUT2D eigenvalue weighted by Crippen LogP contribution is 2.21. The molecule has 0 aromatic heterocycles. The third kappa shape index (κ3) is 4.47. The smallest absolute Gasteiger partial charge is 0.279 e. The number of piperidine rings is 1. The van der Waals surface area contributed by atoms with Gasteiger partial charge in [-0.05, 0) is 43.5 Å². The van der Waals surface area contributed by atoms with Crippen LogP contribution in [0.1, 0.15) is 33.1 Å². The molecule has 2 atom stereocenters. The van der Waals surface area contributed by atoms with Gasteiger partial charge in [0.15, 0.2) is 6.54 Å². The van der Waals surface area contributed by atoms with Crippen LogP contribution in [0.15, 0.2) is 24.3 Å². The lowest BCUT2D eigenvalue weighted by Gasteiger charge is -2.31. The van der Waals surface area contributed by atoms with Crippen LogP contribution in [-0.2, 0) is 4.79 Å². The molecule has 1 amide bonds. The van der Waals surface area contributed by atoms with E-state index in [0.717, 1.165) is 43.7 Å². The van der Waals surface area contributed by atoms with Crippen molar-refractivity contribution in [2.45, 2.75) is 33.1 Å². The monoisotopic (exact) mass is 316 g/mol. The van der Waals surface area contributed by atoms with Crippen molar-refractivity contribution >= 4 is 17.3 Å². The van der Waals surface area contributed by atoms with Crippen LogP contribution in [0, 0.1) is 11.8 Å². The molecule has 2 aliphatic rings. The number of carbonyl (C=O) groups is 1. The van der Waals surface area contributed by atoms with E-state index in [1.807, 2.05) is 12.1 Å². The second kappa shape index (κ2) is 7.35. The zero-order valence-corrected chi connectivity index (χ0v) is 14.5. The van der Waals surface area contributed by atoms with Gasteiger partial charge >= 0.3 is 0 Å². The third-order valence-corrected chi connectivity index (χ3v) is 5.11. The number of likely N-dealkylation sites (tertiary alicyclic amines) is 1. The van der Waals surface area contributed by atoms with Gasteiger partial charge in [0.2, 0.25) is 0 Å². The zero-order valence-electron chi connectivity index (χ0n) is 14.5. The lowest BCUT2D eigenvalue weighted by Crippen LogP contribution is -3.15. The quantitative estimate of drug-likeness (QED) is 0.888. The number of anilines is 2. The van der Waals surface area contributed by atoms with Crippen molar-refractivity contribution in [3.05, 3.63) is 24.3 Å². The summed E-state index contributed by atoms with van der Waals surface area (Å²) in [6, 6.07) is 8.31. The number of carbonyl (C=O) groups excluding carboxylic acids is 1. The molecular formula is C19H30N3O+. The predicted molar refractivity (Wildman–Crippen MR) is 95.0 cm³/mol. The first-order valence-electron chi connectivity index (χ1n) is 9.08. The SMILES string of the molecule is C[C@H]1C[C@H](C)C[NH+](CC(=O)Nc2ccc(N3CCCC3)cc2)C1. The first-order valence-corrected chi connectivity index (χ1v) is 9.08. The number of rotatable bonds is 4. The zero-order chi connectivity index (χ0) is 16.2. The van der Waals surface area contributed by atoms with Gasteiger partial charge in [0.05, 0.1) is 13.1 Å². The lowest BCUT2D eigenvalue weighted by molar-refractivity contribution is -0.904. The van der Waals surface area contributed by atoms with Crippen LogP contribution in [0.25, 0.3) is 0 Å². The van der Waals surface area contributed by atoms with E-state index in [1.54, 1.807) is 0 Å². The Bertz CT molecular complexity index is 512. The van der Waals surface area contributed by atoms with Crippen molar-refractivity contribution < 1.29 is 9.69 Å². The van der Waals surface area contributed by atoms with Crippen molar-refractivity contribution in [1.82, 2.24) is 0 Å². The number of nitrogens with zero attached hydrogens (tertiary/aromatic N) is 1. The average Bonchev–Trinajstić information content (AvgIpc) is 3.01. The van der Waals surface area contributed by atoms with Gasteiger partial charge in [0.1, 0.15) is 0 Å². The highest BCUT2D eigenvalue weighted by atomic mass is 16.2. The molecule has 4 heteroatoms. The van der Waals surface area contributed by atoms with Crippen molar-refractivity contribution in [1.29, 1.82) is 0 Å². The molecule has 23 heavy (non-hydrogen) atoms. The Kier molecular flexibility index (Phi) is 5.21. The molecule has 2 aliphatic heterocycles. The van der Waals surface area contributed by atoms with Crippen LogP contribution >= 0.6 is 0 Å². The van der Waals surface area contributed by atoms with Crippen LogP contribution < -0.4 is 15.1 Å². The molecule has 0 radical (unpaired) electrons. The molecule has 0 saturated carbocycles. The van der Waals surface area contributed by atoms with Crippen molar-refractivity contribution in [3.8, 4) is 0 Å². The van der Waals surface area contributed by atoms with E-state index < -0.39 is 0 Å². The van der Waals surface area contributed by atoms with Gasteiger partial charge in [-0.15, -0.1) is 0 Å². The molecule has 2 N–H and O–H groups in total. The standard InChI is InChI=1S/C19H29N3O/c1-15-11-16(2)13-21(12-15)14-19(23)20-17-5-7-18(8-6-17)22-9-3-4-10-22/h5-8,15-16H,3-4,9-14H2,1-2H3,(H,20,23)/p+1/t15-,16-/m0/s1. The fourth-order valence-electron chi connectivity index (χ4n) is 4.23. The first-order chi connectivity index (χ1) is 11.1. The molecule has 3 rings (SSSR count). The molecule has 1 aromatic rings. The molecule has 4 nitrogen and oxygen atoms in total. The van der Waals surface area contributed by atoms with Crippen LogP contribution in [0.2, 0.25) is 0 Å². The maximum atomic E-state index is 12.3. The fraction of sp³-hybridized carbons (Fsp3) is 0.632. The minimum absolute atomic E-state index is 0.134. The largest absolute Gasteiger partial charge is 0.372 e. The molecule has 1 aromatic carbocycles. The molecule has 0 unspecified atom stereocenters. The number of hydrogen-bond donors (Lipinski definition) is 2. The Labute approximate surface area is 139 Å². The number of benzene rings is 1. The van der Waals surface area contributed by atoms with Gasteiger partial charge < -0.3 is 15.1 Å². The van der Waals surface area contributed by atoms with Crippen LogP contribution in [0.5, 0.6) is 0 Å². The molecule has 2 saturated heterocycles. The summed E-state index contributed by atoms with van der Waals surface area (Å²) in [4.78, 5) is 16.1. The summed E-state index contributed by atoms with van der Waals surface area (Å²) < 4.78 is 0. The summed E-state index contributed by atoms with van der Waals surface area (Å²) in [6.07, 6.45) is 3.87. The first kappa shape index (κ1) is 16.3. The summed E-state index contributed by atoms with van der Waals surface area (Å²) in [5.41, 5.74) is 2.18. The summed E-state index contributed by atoms with van der Waals surface area (Å²) in [5.74, 6) is 1.58. The van der Waals surface area contributed by atoms with E-state index in [0.29, 0.717) is 6.54 Å². The highest BCUT2D eigenvalue weighted by molar-refractivity contribution is 5.91. The van der Waals surface area contributed by atoms with Crippen molar-refractivity contribution in [2.24, 2.45) is 11.8 Å². The molecule has 0 aliphatic carbocycles. The summed E-state index contributed by atoms with van der Waals surface area (Å²) in [5, 5.41) is 3.06. The Balaban J connectivity index is 1.51. The Morgan fingerprint density at radius 3 is 2.35 bits per heavy atom. The summed E-state index contributed by atoms with van der Waals surface area (Å²) in [7, 11) is 0. The van der Waals surface area contributed by atoms with E-state index in [1.165, 1.54) is 29.8 Å². The second-order valence-electron chi connectivity index (χ2n) is 7.57. The van der Waals surface area contributed by atoms with Gasteiger partial charge in [-0.25, -0.2) is 0 Å². The molecule has 2 heterocycles. The van der Waals surface area contributed by atoms with Gasteiger partial charge in [-0.2, -0.15) is 0 Å². The maximum Gasteiger partial charge on any atom is 0.279 e. The normalized spacial score (nSPS) is 27.9. The van der Waals surface area contributed by atoms with E-state index in [4.69, 9.17) is 0 Å². The predicted octanol–water partition coefficient (Wildman–Crippen LogP) is 1.79. The molecular weight excluding hydrogens is 286 g/mol. The number of nitrogens with one attached hydrogen (secondary N) is 2. The van der Waals surface area contributed by atoms with Crippen molar-refractivity contribution in [3.63, 3.8) is 0 Å². The van der Waals surface area contributed by atoms with Crippen molar-refractivity contribution in [2.75, 3.05) is 42.9 Å². The average molecular weight is 316 g/mol. The lowest BCUT2D eigenvalue weighted by atomic mass is 9.92. The number of amides is 1. The Hall–Kier alpha value is -1.55. The second-order valence-corrected chi connectivity index (χ2v) is 7.57. The van der Waals surface area contributed by atoms with Crippen LogP contribution in [-0.4, -0.2) is 38.6 Å². The summed E-state index contributed by atoms with van der Waals surface area (Å²) >= 11 is 0. The minimum Gasteiger partial charge on any atom is -0.372 e. The highest BCUT2D eigenvalue weighted by Gasteiger charge is 2.26. The van der Waals surface area contributed by atoms with Gasteiger partial charge in [0.25, 0.3) is 5.91 Å². The van der Waals surface area contributed by atoms with Crippen LogP contribution in [0.4, 0.5) is 11.4 Å². The van der Waals surface area contributed by atoms with Gasteiger partial charge in [-0.1, -0.05) is 13.8 Å². The Morgan fingerprint density at radius 2 is 1.74 bits per heavy atom. The topological polar surface area (TPSA) is 36.8 Å². The number of quaternary nitrogens is 1. The fourth-order valence-corrected chi connectivity index (χ4v) is 4.23. The molecule has 0 bridgehead atoms. The van der Waals surface area contributed by atoms with E-state index in [2.05, 4.69) is 36.2 Å². The van der Waals surface area contributed by atoms with Crippen LogP contribution in [0.3, 0.4) is 0 Å². The minimum atomic E-state index is 0.134. The summed E-state index contributed by atoms with van der Waals surface area (Å²) in [6.45, 7) is 9.72. The number of hydrogen-bond acceptors (Lipinski definition) is 2. The van der Waals surface area contributed by atoms with Gasteiger partial charge in [0, 0.05) is 36.3 Å².